The number of rotatable bonds is 4. The van der Waals surface area contributed by atoms with Crippen molar-refractivity contribution in [1.82, 2.24) is 0 Å². The van der Waals surface area contributed by atoms with E-state index in [2.05, 4.69) is 103 Å². The Morgan fingerprint density at radius 1 is 0.510 bits per heavy atom. The van der Waals surface area contributed by atoms with Gasteiger partial charge in [-0.05, 0) is 111 Å². The lowest BCUT2D eigenvalue weighted by Crippen LogP contribution is -2.26. The molecule has 8 aromatic rings. The topological polar surface area (TPSA) is 47.3 Å². The van der Waals surface area contributed by atoms with Crippen molar-refractivity contribution >= 4 is 41.6 Å². The first kappa shape index (κ1) is 28.6. The van der Waals surface area contributed by atoms with Gasteiger partial charge in [-0.3, -0.25) is 0 Å². The molecule has 5 heteroatoms. The van der Waals surface area contributed by atoms with Gasteiger partial charge in [-0.2, -0.15) is 0 Å². The van der Waals surface area contributed by atoms with Gasteiger partial charge in [0.1, 0.15) is 11.2 Å². The fourth-order valence-electron chi connectivity index (χ4n) is 8.13. The van der Waals surface area contributed by atoms with Gasteiger partial charge in [0.15, 0.2) is 0 Å². The maximum Gasteiger partial charge on any atom is 0.234 e. The molecule has 0 saturated carbocycles. The molecular formula is C44H28O3S2. The molecule has 7 aromatic carbocycles. The second-order valence-corrected chi connectivity index (χ2v) is 16.8. The van der Waals surface area contributed by atoms with Gasteiger partial charge in [0.05, 0.1) is 10.3 Å². The summed E-state index contributed by atoms with van der Waals surface area (Å²) < 4.78 is 33.6. The van der Waals surface area contributed by atoms with Crippen LogP contribution >= 0.6 is 10.8 Å². The minimum Gasteiger partial charge on any atom is -0.456 e. The van der Waals surface area contributed by atoms with Crippen LogP contribution in [0.15, 0.2) is 166 Å². The van der Waals surface area contributed by atoms with E-state index in [0.29, 0.717) is 9.79 Å². The molecule has 0 unspecified atom stereocenters. The van der Waals surface area contributed by atoms with Crippen molar-refractivity contribution in [2.24, 2.45) is 0 Å². The third kappa shape index (κ3) is 4.06. The molecule has 0 radical (unpaired) electrons. The van der Waals surface area contributed by atoms with Crippen LogP contribution in [0.4, 0.5) is 0 Å². The summed E-state index contributed by atoms with van der Waals surface area (Å²) in [6, 6.07) is 52.0. The fourth-order valence-corrected chi connectivity index (χ4v) is 10.9. The molecule has 2 aliphatic rings. The Labute approximate surface area is 288 Å². The summed E-state index contributed by atoms with van der Waals surface area (Å²) in [5.41, 5.74) is 13.8. The minimum absolute atomic E-state index is 0.309. The van der Waals surface area contributed by atoms with Crippen molar-refractivity contribution in [3.63, 3.8) is 0 Å². The van der Waals surface area contributed by atoms with Crippen LogP contribution in [0.25, 0.3) is 55.3 Å². The fraction of sp³-hybridized carbons (Fsp3) is 0.0455. The summed E-state index contributed by atoms with van der Waals surface area (Å²) in [6.45, 7) is 1.96. The first-order valence-corrected chi connectivity index (χ1v) is 19.2. The zero-order chi connectivity index (χ0) is 32.9. The van der Waals surface area contributed by atoms with E-state index < -0.39 is 14.3 Å². The highest BCUT2D eigenvalue weighted by molar-refractivity contribution is 8.72. The average Bonchev–Trinajstić information content (AvgIpc) is 3.75. The normalized spacial score (nSPS) is 13.8. The van der Waals surface area contributed by atoms with E-state index in [9.17, 15) is 8.42 Å². The van der Waals surface area contributed by atoms with Crippen LogP contribution in [0.2, 0.25) is 0 Å². The van der Waals surface area contributed by atoms with Gasteiger partial charge in [-0.25, -0.2) is 8.42 Å². The monoisotopic (exact) mass is 668 g/mol. The van der Waals surface area contributed by atoms with Crippen LogP contribution in [-0.4, -0.2) is 8.42 Å². The second-order valence-electron chi connectivity index (χ2n) is 13.0. The minimum atomic E-state index is -3.63. The lowest BCUT2D eigenvalue weighted by Gasteiger charge is -2.31. The summed E-state index contributed by atoms with van der Waals surface area (Å²) in [6.07, 6.45) is 0. The zero-order valence-electron chi connectivity index (χ0n) is 26.5. The smallest absolute Gasteiger partial charge is 0.234 e. The van der Waals surface area contributed by atoms with E-state index in [-0.39, 0.29) is 0 Å². The van der Waals surface area contributed by atoms with E-state index in [4.69, 9.17) is 4.42 Å². The largest absolute Gasteiger partial charge is 0.456 e. The van der Waals surface area contributed by atoms with Crippen LogP contribution in [0.5, 0.6) is 0 Å². The van der Waals surface area contributed by atoms with Gasteiger partial charge in [-0.1, -0.05) is 109 Å². The summed E-state index contributed by atoms with van der Waals surface area (Å²) >= 11 is 0. The third-order valence-corrected chi connectivity index (χ3v) is 13.6. The molecular weight excluding hydrogens is 641 g/mol. The maximum atomic E-state index is 13.6. The molecule has 1 aromatic heterocycles. The van der Waals surface area contributed by atoms with Crippen molar-refractivity contribution in [3.05, 3.63) is 179 Å². The van der Waals surface area contributed by atoms with Gasteiger partial charge < -0.3 is 4.42 Å². The Morgan fingerprint density at radius 2 is 1.08 bits per heavy atom. The molecule has 0 saturated heterocycles. The summed E-state index contributed by atoms with van der Waals surface area (Å²) in [5.74, 6) is 0. The molecule has 49 heavy (non-hydrogen) atoms. The molecule has 0 fully saturated rings. The number of hydrogen-bond donors (Lipinski definition) is 0. The number of para-hydroxylation sites is 1. The molecule has 0 N–H and O–H groups in total. The van der Waals surface area contributed by atoms with Crippen LogP contribution in [0, 0.1) is 6.92 Å². The Balaban J connectivity index is 1.19. The Morgan fingerprint density at radius 3 is 1.84 bits per heavy atom. The van der Waals surface area contributed by atoms with Gasteiger partial charge >= 0.3 is 0 Å². The molecule has 0 amide bonds. The number of hydrogen-bond acceptors (Lipinski definition) is 4. The standard InChI is InChI=1S/C44H28O3S2/c1-27-14-19-31(20-15-27)49(45,46)48-30-18-23-35-34-21-16-28(29-17-22-37-36-10-4-7-13-42(36)47-43(37)25-29)24-40(34)44(41(35)26-30)38-11-5-2-8-32(38)33-9-3-6-12-39(33)44/h2-26H,1H3. The van der Waals surface area contributed by atoms with Gasteiger partial charge in [0, 0.05) is 26.5 Å². The second kappa shape index (κ2) is 10.3. The molecule has 2 aliphatic carbocycles. The predicted molar refractivity (Wildman–Crippen MR) is 200 cm³/mol. The molecule has 0 atom stereocenters. The third-order valence-electron chi connectivity index (χ3n) is 10.3. The number of aryl methyl sites for hydroxylation is 1. The molecule has 0 bridgehead atoms. The van der Waals surface area contributed by atoms with Crippen molar-refractivity contribution in [1.29, 1.82) is 0 Å². The number of fused-ring (bicyclic) bond motifs is 13. The Bertz CT molecular complexity index is 2730. The number of benzene rings is 7. The highest BCUT2D eigenvalue weighted by atomic mass is 33.1. The van der Waals surface area contributed by atoms with Gasteiger partial charge in [0.2, 0.25) is 8.87 Å². The van der Waals surface area contributed by atoms with Crippen molar-refractivity contribution in [2.75, 3.05) is 0 Å². The van der Waals surface area contributed by atoms with Crippen LogP contribution < -0.4 is 0 Å². The summed E-state index contributed by atoms with van der Waals surface area (Å²) in [5, 5.41) is 2.22. The highest BCUT2D eigenvalue weighted by Crippen LogP contribution is 2.63. The molecule has 1 heterocycles. The highest BCUT2D eigenvalue weighted by Gasteiger charge is 2.51. The van der Waals surface area contributed by atoms with Crippen LogP contribution in [0.3, 0.4) is 0 Å². The van der Waals surface area contributed by atoms with E-state index in [0.717, 1.165) is 66.1 Å². The zero-order valence-corrected chi connectivity index (χ0v) is 28.1. The quantitative estimate of drug-likeness (QED) is 0.175. The Hall–Kier alpha value is -5.36. The summed E-state index contributed by atoms with van der Waals surface area (Å²) in [4.78, 5) is 1.01. The van der Waals surface area contributed by atoms with Crippen molar-refractivity contribution in [2.45, 2.75) is 22.1 Å². The lowest BCUT2D eigenvalue weighted by molar-refractivity contribution is 0.610. The van der Waals surface area contributed by atoms with Crippen LogP contribution in [0.1, 0.15) is 27.8 Å². The average molecular weight is 669 g/mol. The van der Waals surface area contributed by atoms with E-state index in [1.165, 1.54) is 27.8 Å². The molecule has 234 valence electrons. The lowest BCUT2D eigenvalue weighted by atomic mass is 9.70. The first-order valence-electron chi connectivity index (χ1n) is 16.3. The molecule has 3 nitrogen and oxygen atoms in total. The van der Waals surface area contributed by atoms with E-state index in [1.807, 2.05) is 43.3 Å². The van der Waals surface area contributed by atoms with E-state index >= 15 is 0 Å². The summed E-state index contributed by atoms with van der Waals surface area (Å²) in [7, 11) is -2.72. The molecule has 10 rings (SSSR count). The van der Waals surface area contributed by atoms with Gasteiger partial charge in [0.25, 0.3) is 0 Å². The van der Waals surface area contributed by atoms with Crippen molar-refractivity contribution < 1.29 is 12.8 Å². The number of furan rings is 1. The molecule has 1 spiro atoms. The van der Waals surface area contributed by atoms with Crippen molar-refractivity contribution in [3.8, 4) is 33.4 Å². The van der Waals surface area contributed by atoms with E-state index in [1.54, 1.807) is 12.1 Å². The SMILES string of the molecule is Cc1ccc(S(=O)(=O)Sc2ccc3c(c2)C2(c4ccccc4-c4ccccc42)c2cc(-c4ccc5c(c4)oc4ccccc45)ccc2-3)cc1. The predicted octanol–water partition coefficient (Wildman–Crippen LogP) is 11.4. The molecule has 0 aliphatic heterocycles. The Kier molecular flexibility index (Phi) is 6.03. The first-order chi connectivity index (χ1) is 23.9. The maximum absolute atomic E-state index is 13.6. The van der Waals surface area contributed by atoms with Gasteiger partial charge in [-0.15, -0.1) is 0 Å². The van der Waals surface area contributed by atoms with Crippen LogP contribution in [-0.2, 0) is 14.3 Å².